The molecule has 1 aromatic heterocycles. The van der Waals surface area contributed by atoms with E-state index in [2.05, 4.69) is 49.4 Å². The molecule has 132 valence electrons. The van der Waals surface area contributed by atoms with Crippen LogP contribution in [0.15, 0.2) is 41.3 Å². The highest BCUT2D eigenvalue weighted by atomic mass is 35.5. The van der Waals surface area contributed by atoms with Crippen molar-refractivity contribution in [1.82, 2.24) is 4.98 Å². The Morgan fingerprint density at radius 2 is 1.92 bits per heavy atom. The summed E-state index contributed by atoms with van der Waals surface area (Å²) in [6.45, 7) is 4.39. The fraction of sp³-hybridized carbons (Fsp3) is 0.333. The fourth-order valence-corrected chi connectivity index (χ4v) is 3.89. The largest absolute Gasteiger partial charge is 0.358 e. The molecule has 1 atom stereocenters. The predicted molar refractivity (Wildman–Crippen MR) is 108 cm³/mol. The Hall–Kier alpha value is -1.45. The topological polar surface area (TPSA) is 15.8 Å². The van der Waals surface area contributed by atoms with Crippen molar-refractivity contribution in [2.75, 3.05) is 6.26 Å². The molecule has 0 saturated heterocycles. The Kier molecular flexibility index (Phi) is 5.75. The summed E-state index contributed by atoms with van der Waals surface area (Å²) < 4.78 is 13.9. The SMILES string of the molecule is CCCCc1c(C(C)c2ccc(SC)cc2)[nH]c2cc(F)c(Cl)cc12. The highest BCUT2D eigenvalue weighted by Crippen LogP contribution is 2.35. The van der Waals surface area contributed by atoms with Crippen molar-refractivity contribution in [3.63, 3.8) is 0 Å². The lowest BCUT2D eigenvalue weighted by Gasteiger charge is -2.14. The van der Waals surface area contributed by atoms with E-state index in [9.17, 15) is 4.39 Å². The maximum absolute atomic E-state index is 13.9. The molecule has 3 aromatic rings. The van der Waals surface area contributed by atoms with Gasteiger partial charge in [-0.05, 0) is 54.5 Å². The lowest BCUT2D eigenvalue weighted by atomic mass is 9.92. The first-order chi connectivity index (χ1) is 12.0. The van der Waals surface area contributed by atoms with Gasteiger partial charge in [-0.3, -0.25) is 0 Å². The van der Waals surface area contributed by atoms with Gasteiger partial charge >= 0.3 is 0 Å². The van der Waals surface area contributed by atoms with Gasteiger partial charge in [-0.15, -0.1) is 11.8 Å². The number of nitrogens with one attached hydrogen (secondary N) is 1. The third kappa shape index (κ3) is 3.73. The Balaban J connectivity index is 2.08. The Morgan fingerprint density at radius 3 is 2.56 bits per heavy atom. The standard InChI is InChI=1S/C21H23ClFNS/c1-4-5-6-16-17-11-18(22)19(23)12-20(17)24-21(16)13(2)14-7-9-15(25-3)10-8-14/h7-13,24H,4-6H2,1-3H3. The third-order valence-electron chi connectivity index (χ3n) is 4.81. The summed E-state index contributed by atoms with van der Waals surface area (Å²) in [5.74, 6) is -0.155. The number of rotatable bonds is 6. The number of hydrogen-bond donors (Lipinski definition) is 1. The number of thioether (sulfide) groups is 1. The predicted octanol–water partition coefficient (Wildman–Crippen LogP) is 7.18. The van der Waals surface area contributed by atoms with Gasteiger partial charge < -0.3 is 4.98 Å². The van der Waals surface area contributed by atoms with Crippen LogP contribution in [0.4, 0.5) is 4.39 Å². The van der Waals surface area contributed by atoms with Gasteiger partial charge in [-0.2, -0.15) is 0 Å². The number of aromatic amines is 1. The summed E-state index contributed by atoms with van der Waals surface area (Å²) >= 11 is 7.78. The Bertz CT molecular complexity index is 870. The second kappa shape index (κ2) is 7.84. The second-order valence-corrected chi connectivity index (χ2v) is 7.71. The fourth-order valence-electron chi connectivity index (χ4n) is 3.32. The van der Waals surface area contributed by atoms with Crippen LogP contribution in [0.1, 0.15) is 49.4 Å². The summed E-state index contributed by atoms with van der Waals surface area (Å²) in [7, 11) is 0. The zero-order chi connectivity index (χ0) is 18.0. The zero-order valence-corrected chi connectivity index (χ0v) is 16.4. The molecule has 2 aromatic carbocycles. The minimum Gasteiger partial charge on any atom is -0.358 e. The molecule has 0 saturated carbocycles. The van der Waals surface area contributed by atoms with Crippen LogP contribution in [-0.4, -0.2) is 11.2 Å². The maximum atomic E-state index is 13.9. The van der Waals surface area contributed by atoms with Gasteiger partial charge in [0.05, 0.1) is 5.02 Å². The summed E-state index contributed by atoms with van der Waals surface area (Å²) in [6, 6.07) is 11.9. The van der Waals surface area contributed by atoms with Crippen LogP contribution < -0.4 is 0 Å². The van der Waals surface area contributed by atoms with E-state index in [1.807, 2.05) is 0 Å². The molecule has 0 amide bonds. The number of aryl methyl sites for hydroxylation is 1. The van der Waals surface area contributed by atoms with Gasteiger partial charge in [-0.1, -0.05) is 44.0 Å². The lowest BCUT2D eigenvalue weighted by Crippen LogP contribution is -2.00. The molecule has 4 heteroatoms. The van der Waals surface area contributed by atoms with Crippen LogP contribution in [0.5, 0.6) is 0 Å². The zero-order valence-electron chi connectivity index (χ0n) is 14.8. The number of aromatic nitrogens is 1. The van der Waals surface area contributed by atoms with E-state index < -0.39 is 0 Å². The average Bonchev–Trinajstić information content (AvgIpc) is 2.97. The molecule has 0 radical (unpaired) electrons. The van der Waals surface area contributed by atoms with Crippen LogP contribution in [-0.2, 0) is 6.42 Å². The summed E-state index contributed by atoms with van der Waals surface area (Å²) in [5.41, 5.74) is 4.52. The van der Waals surface area contributed by atoms with Crippen molar-refractivity contribution in [3.8, 4) is 0 Å². The number of benzene rings is 2. The Labute approximate surface area is 158 Å². The number of unbranched alkanes of at least 4 members (excludes halogenated alkanes) is 1. The van der Waals surface area contributed by atoms with Crippen molar-refractivity contribution < 1.29 is 4.39 Å². The molecule has 3 rings (SSSR count). The minimum atomic E-state index is -0.374. The third-order valence-corrected chi connectivity index (χ3v) is 5.84. The van der Waals surface area contributed by atoms with Crippen molar-refractivity contribution in [3.05, 3.63) is 64.1 Å². The van der Waals surface area contributed by atoms with Crippen molar-refractivity contribution >= 4 is 34.3 Å². The van der Waals surface area contributed by atoms with Gasteiger partial charge in [0, 0.05) is 27.4 Å². The van der Waals surface area contributed by atoms with Gasteiger partial charge in [0.2, 0.25) is 0 Å². The van der Waals surface area contributed by atoms with Crippen LogP contribution in [0, 0.1) is 5.82 Å². The Morgan fingerprint density at radius 1 is 1.20 bits per heavy atom. The second-order valence-electron chi connectivity index (χ2n) is 6.43. The lowest BCUT2D eigenvalue weighted by molar-refractivity contribution is 0.630. The van der Waals surface area contributed by atoms with Gasteiger partial charge in [-0.25, -0.2) is 4.39 Å². The number of fused-ring (bicyclic) bond motifs is 1. The maximum Gasteiger partial charge on any atom is 0.143 e. The van der Waals surface area contributed by atoms with E-state index in [1.54, 1.807) is 17.8 Å². The summed E-state index contributed by atoms with van der Waals surface area (Å²) in [4.78, 5) is 4.72. The van der Waals surface area contributed by atoms with E-state index >= 15 is 0 Å². The molecule has 0 spiro atoms. The molecule has 0 aliphatic rings. The summed E-state index contributed by atoms with van der Waals surface area (Å²) in [5, 5.41) is 1.23. The first kappa shape index (κ1) is 18.3. The van der Waals surface area contributed by atoms with Crippen molar-refractivity contribution in [2.24, 2.45) is 0 Å². The molecule has 0 aliphatic heterocycles. The number of hydrogen-bond acceptors (Lipinski definition) is 1. The van der Waals surface area contributed by atoms with Crippen LogP contribution >= 0.6 is 23.4 Å². The molecule has 0 fully saturated rings. The quantitative estimate of drug-likeness (QED) is 0.451. The smallest absolute Gasteiger partial charge is 0.143 e. The van der Waals surface area contributed by atoms with Gasteiger partial charge in [0.1, 0.15) is 5.82 Å². The van der Waals surface area contributed by atoms with Crippen molar-refractivity contribution in [1.29, 1.82) is 0 Å². The van der Waals surface area contributed by atoms with E-state index in [1.165, 1.54) is 27.8 Å². The molecule has 25 heavy (non-hydrogen) atoms. The molecular weight excluding hydrogens is 353 g/mol. The van der Waals surface area contributed by atoms with Gasteiger partial charge in [0.25, 0.3) is 0 Å². The normalized spacial score (nSPS) is 12.7. The van der Waals surface area contributed by atoms with Crippen LogP contribution in [0.25, 0.3) is 10.9 Å². The highest BCUT2D eigenvalue weighted by molar-refractivity contribution is 7.98. The van der Waals surface area contributed by atoms with Crippen LogP contribution in [0.2, 0.25) is 5.02 Å². The molecule has 1 unspecified atom stereocenters. The monoisotopic (exact) mass is 375 g/mol. The number of halogens is 2. The average molecular weight is 376 g/mol. The van der Waals surface area contributed by atoms with Crippen LogP contribution in [0.3, 0.4) is 0 Å². The van der Waals surface area contributed by atoms with E-state index in [4.69, 9.17) is 11.6 Å². The number of H-pyrrole nitrogens is 1. The summed E-state index contributed by atoms with van der Waals surface area (Å²) in [6.07, 6.45) is 5.28. The molecule has 0 aliphatic carbocycles. The molecule has 0 bridgehead atoms. The molecule has 1 heterocycles. The van der Waals surface area contributed by atoms with E-state index in [-0.39, 0.29) is 16.8 Å². The highest BCUT2D eigenvalue weighted by Gasteiger charge is 2.19. The van der Waals surface area contributed by atoms with E-state index in [0.29, 0.717) is 0 Å². The molecular formula is C21H23ClFNS. The van der Waals surface area contributed by atoms with Gasteiger partial charge in [0.15, 0.2) is 0 Å². The molecule has 1 N–H and O–H groups in total. The first-order valence-corrected chi connectivity index (χ1v) is 10.3. The molecule has 1 nitrogen and oxygen atoms in total. The van der Waals surface area contributed by atoms with Crippen molar-refractivity contribution in [2.45, 2.75) is 43.9 Å². The van der Waals surface area contributed by atoms with E-state index in [0.717, 1.165) is 30.2 Å². The first-order valence-electron chi connectivity index (χ1n) is 8.68. The minimum absolute atomic E-state index is 0.188.